The normalized spacial score (nSPS) is 12.0. The van der Waals surface area contributed by atoms with Crippen molar-refractivity contribution in [2.45, 2.75) is 18.1 Å². The Labute approximate surface area is 310 Å². The van der Waals surface area contributed by atoms with E-state index in [1.54, 1.807) is 30.3 Å². The lowest BCUT2D eigenvalue weighted by Gasteiger charge is -2.17. The number of carbonyl (C=O) groups excluding carboxylic acids is 4. The molecular formula is C38H37Cl2N5O7. The maximum absolute atomic E-state index is 12.6. The van der Waals surface area contributed by atoms with E-state index in [1.807, 2.05) is 66.7 Å². The van der Waals surface area contributed by atoms with E-state index >= 15 is 0 Å². The van der Waals surface area contributed by atoms with Gasteiger partial charge in [-0.2, -0.15) is 0 Å². The predicted octanol–water partition coefficient (Wildman–Crippen LogP) is 4.53. The Morgan fingerprint density at radius 1 is 0.500 bits per heavy atom. The Balaban J connectivity index is 0.000000269. The summed E-state index contributed by atoms with van der Waals surface area (Å²) in [5.41, 5.74) is 8.18. The summed E-state index contributed by atoms with van der Waals surface area (Å²) in [6.45, 7) is -0.541. The van der Waals surface area contributed by atoms with E-state index in [2.05, 4.69) is 20.6 Å². The number of pyridine rings is 2. The molecule has 2 heterocycles. The van der Waals surface area contributed by atoms with Gasteiger partial charge in [0.05, 0.1) is 37.9 Å². The first-order valence-electron chi connectivity index (χ1n) is 15.8. The summed E-state index contributed by atoms with van der Waals surface area (Å²) in [6, 6.07) is 35.1. The number of benzene rings is 3. The zero-order valence-corrected chi connectivity index (χ0v) is 29.2. The third-order valence-electron chi connectivity index (χ3n) is 7.17. The van der Waals surface area contributed by atoms with Gasteiger partial charge in [-0.1, -0.05) is 103 Å². The lowest BCUT2D eigenvalue weighted by Crippen LogP contribution is -2.33. The maximum atomic E-state index is 12.6. The predicted molar refractivity (Wildman–Crippen MR) is 197 cm³/mol. The SMILES string of the molecule is N[C@@H](CO)c1ccccc1.O=C(Cl)c1cccc(C(=O)Cl)n1.O=C(N[C@@H](CO)c1ccccc1)c1cccc(C(=O)N[C@@H](CO)c2ccccc2)n1. The third kappa shape index (κ3) is 13.1. The Morgan fingerprint density at radius 2 is 0.827 bits per heavy atom. The minimum Gasteiger partial charge on any atom is -0.394 e. The fourth-order valence-corrected chi connectivity index (χ4v) is 4.66. The van der Waals surface area contributed by atoms with E-state index in [4.69, 9.17) is 34.0 Å². The number of halogens is 2. The molecule has 5 aromatic rings. The minimum atomic E-state index is -0.713. The molecule has 0 unspecified atom stereocenters. The van der Waals surface area contributed by atoms with Gasteiger partial charge < -0.3 is 31.7 Å². The van der Waals surface area contributed by atoms with Crippen LogP contribution in [0.1, 0.15) is 76.8 Å². The molecule has 0 aliphatic rings. The van der Waals surface area contributed by atoms with Crippen molar-refractivity contribution in [3.05, 3.63) is 167 Å². The van der Waals surface area contributed by atoms with Crippen molar-refractivity contribution in [2.75, 3.05) is 19.8 Å². The highest BCUT2D eigenvalue weighted by molar-refractivity contribution is 6.68. The monoisotopic (exact) mass is 745 g/mol. The maximum Gasteiger partial charge on any atom is 0.270 e. The Bertz CT molecular complexity index is 1780. The summed E-state index contributed by atoms with van der Waals surface area (Å²) >= 11 is 10.2. The standard InChI is InChI=1S/C23H23N3O4.C8H11NO.C7H3Cl2NO2/c27-14-20(16-8-3-1-4-9-16)25-22(29)18-12-7-13-19(24-18)23(30)26-21(15-28)17-10-5-2-6-11-17;9-8(6-10)7-4-2-1-3-5-7;8-6(11)4-2-1-3-5(10-4)7(9)12/h1-13,20-21,27-28H,14-15H2,(H,25,29)(H,26,30);1-5,8,10H,6,9H2;1-3H/t20-,21-;8-;/m00./s1. The van der Waals surface area contributed by atoms with E-state index in [9.17, 15) is 29.4 Å². The fraction of sp³-hybridized carbons (Fsp3) is 0.158. The van der Waals surface area contributed by atoms with E-state index < -0.39 is 34.4 Å². The first-order chi connectivity index (χ1) is 25.1. The molecule has 0 spiro atoms. The lowest BCUT2D eigenvalue weighted by molar-refractivity contribution is 0.0904. The van der Waals surface area contributed by atoms with Gasteiger partial charge in [0.2, 0.25) is 0 Å². The van der Waals surface area contributed by atoms with Crippen molar-refractivity contribution >= 4 is 45.5 Å². The number of aromatic nitrogens is 2. The highest BCUT2D eigenvalue weighted by Crippen LogP contribution is 2.15. The van der Waals surface area contributed by atoms with Gasteiger partial charge in [0.15, 0.2) is 0 Å². The molecular weight excluding hydrogens is 709 g/mol. The molecule has 14 heteroatoms. The van der Waals surface area contributed by atoms with E-state index in [-0.39, 0.29) is 48.6 Å². The first kappa shape index (κ1) is 41.1. The van der Waals surface area contributed by atoms with Crippen molar-refractivity contribution < 1.29 is 34.5 Å². The topological polar surface area (TPSA) is 205 Å². The number of carbonyl (C=O) groups is 4. The average molecular weight is 747 g/mol. The second-order valence-corrected chi connectivity index (χ2v) is 11.5. The van der Waals surface area contributed by atoms with Crippen molar-refractivity contribution in [1.29, 1.82) is 0 Å². The molecule has 3 aromatic carbocycles. The van der Waals surface area contributed by atoms with E-state index in [0.717, 1.165) is 16.7 Å². The minimum absolute atomic E-state index is 0.00398. The number of hydrogen-bond donors (Lipinski definition) is 6. The van der Waals surface area contributed by atoms with Crippen LogP contribution in [0.3, 0.4) is 0 Å². The summed E-state index contributed by atoms with van der Waals surface area (Å²) in [5, 5.41) is 31.9. The van der Waals surface area contributed by atoms with Crippen LogP contribution in [0.25, 0.3) is 0 Å². The summed E-state index contributed by atoms with van der Waals surface area (Å²) in [4.78, 5) is 54.1. The van der Waals surface area contributed by atoms with Crippen molar-refractivity contribution in [3.8, 4) is 0 Å². The lowest BCUT2D eigenvalue weighted by atomic mass is 10.1. The Kier molecular flexibility index (Phi) is 17.2. The van der Waals surface area contributed by atoms with Crippen LogP contribution in [0.15, 0.2) is 127 Å². The molecule has 0 aliphatic carbocycles. The van der Waals surface area contributed by atoms with E-state index in [0.29, 0.717) is 0 Å². The highest BCUT2D eigenvalue weighted by Gasteiger charge is 2.19. The van der Waals surface area contributed by atoms with Gasteiger partial charge in [0.25, 0.3) is 22.3 Å². The van der Waals surface area contributed by atoms with E-state index in [1.165, 1.54) is 30.3 Å². The number of nitrogens with zero attached hydrogens (tertiary/aromatic N) is 2. The molecule has 270 valence electrons. The summed E-state index contributed by atoms with van der Waals surface area (Å²) in [6.07, 6.45) is 0. The quantitative estimate of drug-likeness (QED) is 0.0985. The van der Waals surface area contributed by atoms with Crippen LogP contribution in [0.4, 0.5) is 0 Å². The number of aliphatic hydroxyl groups excluding tert-OH is 3. The summed E-state index contributed by atoms with van der Waals surface area (Å²) < 4.78 is 0. The average Bonchev–Trinajstić information content (AvgIpc) is 3.20. The van der Waals surface area contributed by atoms with Crippen molar-refractivity contribution in [1.82, 2.24) is 20.6 Å². The van der Waals surface area contributed by atoms with Crippen LogP contribution in [0.2, 0.25) is 0 Å². The number of amides is 2. The zero-order chi connectivity index (χ0) is 37.9. The molecule has 7 N–H and O–H groups in total. The second-order valence-electron chi connectivity index (χ2n) is 10.8. The van der Waals surface area contributed by atoms with Crippen molar-refractivity contribution in [2.24, 2.45) is 5.73 Å². The molecule has 2 amide bonds. The number of nitrogens with one attached hydrogen (secondary N) is 2. The third-order valence-corrected chi connectivity index (χ3v) is 7.56. The highest BCUT2D eigenvalue weighted by atomic mass is 35.5. The van der Waals surface area contributed by atoms with Gasteiger partial charge in [-0.25, -0.2) is 9.97 Å². The van der Waals surface area contributed by atoms with Crippen LogP contribution in [0.5, 0.6) is 0 Å². The fourth-order valence-electron chi connectivity index (χ4n) is 4.45. The number of nitrogens with two attached hydrogens (primary N) is 1. The zero-order valence-electron chi connectivity index (χ0n) is 27.7. The molecule has 12 nitrogen and oxygen atoms in total. The van der Waals surface area contributed by atoms with Crippen molar-refractivity contribution in [3.63, 3.8) is 0 Å². The first-order valence-corrected chi connectivity index (χ1v) is 16.5. The smallest absolute Gasteiger partial charge is 0.270 e. The van der Waals surface area contributed by atoms with Gasteiger partial charge in [0, 0.05) is 0 Å². The number of rotatable bonds is 12. The molecule has 0 aliphatic heterocycles. The number of hydrogen-bond acceptors (Lipinski definition) is 10. The molecule has 2 aromatic heterocycles. The molecule has 0 fully saturated rings. The van der Waals surface area contributed by atoms with Crippen LogP contribution >= 0.6 is 23.2 Å². The second kappa shape index (κ2) is 21.8. The van der Waals surface area contributed by atoms with Gasteiger partial charge in [-0.3, -0.25) is 19.2 Å². The van der Waals surface area contributed by atoms with Crippen LogP contribution in [0, 0.1) is 0 Å². The van der Waals surface area contributed by atoms with Crippen LogP contribution < -0.4 is 16.4 Å². The van der Waals surface area contributed by atoms with Gasteiger partial charge in [-0.15, -0.1) is 0 Å². The molecule has 0 saturated heterocycles. The summed E-state index contributed by atoms with van der Waals surface area (Å²) in [5.74, 6) is -1.01. The molecule has 52 heavy (non-hydrogen) atoms. The van der Waals surface area contributed by atoms with Gasteiger partial charge >= 0.3 is 0 Å². The molecule has 3 atom stereocenters. The Hall–Kier alpha value is -5.34. The summed E-state index contributed by atoms with van der Waals surface area (Å²) in [7, 11) is 0. The molecule has 0 saturated carbocycles. The molecule has 0 bridgehead atoms. The van der Waals surface area contributed by atoms with Gasteiger partial charge in [-0.05, 0) is 64.2 Å². The largest absolute Gasteiger partial charge is 0.394 e. The van der Waals surface area contributed by atoms with Crippen LogP contribution in [-0.2, 0) is 0 Å². The Morgan fingerprint density at radius 3 is 1.15 bits per heavy atom. The number of aliphatic hydroxyl groups is 3. The molecule has 0 radical (unpaired) electrons. The van der Waals surface area contributed by atoms with Gasteiger partial charge in [0.1, 0.15) is 22.8 Å². The van der Waals surface area contributed by atoms with Crippen LogP contribution in [-0.4, -0.2) is 67.4 Å². The molecule has 5 rings (SSSR count).